The lowest BCUT2D eigenvalue weighted by molar-refractivity contribution is 0.115. The summed E-state index contributed by atoms with van der Waals surface area (Å²) in [4.78, 5) is 0. The highest BCUT2D eigenvalue weighted by Gasteiger charge is 2.50. The number of rotatable bonds is 6. The van der Waals surface area contributed by atoms with Crippen LogP contribution in [0, 0.1) is 5.92 Å². The lowest BCUT2D eigenvalue weighted by atomic mass is 10.0. The van der Waals surface area contributed by atoms with Crippen LogP contribution in [0.15, 0.2) is 60.7 Å². The molecule has 0 saturated heterocycles. The fraction of sp³-hybridized carbons (Fsp3) is 0.478. The molecular weight excluding hydrogens is 336 g/mol. The Bertz CT molecular complexity index is 639. The van der Waals surface area contributed by atoms with Crippen LogP contribution >= 0.6 is 0 Å². The van der Waals surface area contributed by atoms with Gasteiger partial charge in [-0.3, -0.25) is 0 Å². The van der Waals surface area contributed by atoms with Crippen molar-refractivity contribution in [3.05, 3.63) is 60.7 Å². The standard InChI is InChI=1S/C23H32O2Si/c1-23(2,3)26(20-12-6-4-7-13-20,21-14-8-5-9-15-21)25-18-17-19-11-10-16-22(19)24/h4-9,12-15,19,22,24H,10-11,16-18H2,1-3H3/t19-,22+/m0/s1. The topological polar surface area (TPSA) is 29.5 Å². The van der Waals surface area contributed by atoms with Crippen LogP contribution < -0.4 is 10.4 Å². The monoisotopic (exact) mass is 368 g/mol. The van der Waals surface area contributed by atoms with Gasteiger partial charge in [0.2, 0.25) is 0 Å². The number of hydrogen-bond donors (Lipinski definition) is 1. The molecule has 2 aromatic carbocycles. The van der Waals surface area contributed by atoms with E-state index in [2.05, 4.69) is 81.4 Å². The lowest BCUT2D eigenvalue weighted by Gasteiger charge is -2.43. The maximum Gasteiger partial charge on any atom is 0.261 e. The molecule has 1 N–H and O–H groups in total. The Kier molecular flexibility index (Phi) is 6.01. The van der Waals surface area contributed by atoms with Crippen molar-refractivity contribution in [2.45, 2.75) is 57.6 Å². The molecule has 0 spiro atoms. The molecule has 1 aliphatic carbocycles. The lowest BCUT2D eigenvalue weighted by Crippen LogP contribution is -2.66. The van der Waals surface area contributed by atoms with Crippen LogP contribution in [-0.4, -0.2) is 26.1 Å². The van der Waals surface area contributed by atoms with Crippen LogP contribution in [0.2, 0.25) is 5.04 Å². The molecular formula is C23H32O2Si. The normalized spacial score (nSPS) is 21.1. The number of benzene rings is 2. The van der Waals surface area contributed by atoms with Gasteiger partial charge in [0, 0.05) is 6.61 Å². The van der Waals surface area contributed by atoms with Gasteiger partial charge in [0.25, 0.3) is 8.32 Å². The van der Waals surface area contributed by atoms with E-state index < -0.39 is 8.32 Å². The summed E-state index contributed by atoms with van der Waals surface area (Å²) in [6.07, 6.45) is 4.03. The fourth-order valence-corrected chi connectivity index (χ4v) is 9.06. The molecule has 0 radical (unpaired) electrons. The molecule has 2 aromatic rings. The summed E-state index contributed by atoms with van der Waals surface area (Å²) >= 11 is 0. The summed E-state index contributed by atoms with van der Waals surface area (Å²) < 4.78 is 6.90. The first kappa shape index (κ1) is 19.3. The minimum atomic E-state index is -2.42. The molecule has 140 valence electrons. The van der Waals surface area contributed by atoms with Crippen molar-refractivity contribution in [2.75, 3.05) is 6.61 Å². The Morgan fingerprint density at radius 3 is 1.88 bits per heavy atom. The Balaban J connectivity index is 1.95. The van der Waals surface area contributed by atoms with Crippen LogP contribution in [-0.2, 0) is 4.43 Å². The van der Waals surface area contributed by atoms with Crippen LogP contribution in [0.4, 0.5) is 0 Å². The molecule has 0 amide bonds. The highest BCUT2D eigenvalue weighted by Crippen LogP contribution is 2.37. The molecule has 1 fully saturated rings. The zero-order valence-corrected chi connectivity index (χ0v) is 17.3. The Morgan fingerprint density at radius 1 is 0.923 bits per heavy atom. The molecule has 0 unspecified atom stereocenters. The molecule has 0 heterocycles. The van der Waals surface area contributed by atoms with Gasteiger partial charge in [-0.05, 0) is 40.6 Å². The third kappa shape index (κ3) is 3.80. The molecule has 3 rings (SSSR count). The third-order valence-corrected chi connectivity index (χ3v) is 10.9. The van der Waals surface area contributed by atoms with E-state index in [-0.39, 0.29) is 11.1 Å². The Labute approximate surface area is 159 Å². The molecule has 0 aliphatic heterocycles. The van der Waals surface area contributed by atoms with Crippen LogP contribution in [0.5, 0.6) is 0 Å². The number of hydrogen-bond acceptors (Lipinski definition) is 2. The summed E-state index contributed by atoms with van der Waals surface area (Å²) in [6.45, 7) is 7.64. The van der Waals surface area contributed by atoms with Crippen molar-refractivity contribution < 1.29 is 9.53 Å². The van der Waals surface area contributed by atoms with Crippen molar-refractivity contribution in [3.8, 4) is 0 Å². The molecule has 0 bridgehead atoms. The average Bonchev–Trinajstić information content (AvgIpc) is 3.04. The highest BCUT2D eigenvalue weighted by atomic mass is 28.4. The van der Waals surface area contributed by atoms with E-state index in [0.29, 0.717) is 5.92 Å². The maximum absolute atomic E-state index is 10.2. The van der Waals surface area contributed by atoms with Crippen molar-refractivity contribution in [3.63, 3.8) is 0 Å². The SMILES string of the molecule is CC(C)(C)[Si](OCC[C@@H]1CCC[C@H]1O)(c1ccccc1)c1ccccc1. The predicted molar refractivity (Wildman–Crippen MR) is 112 cm³/mol. The summed E-state index contributed by atoms with van der Waals surface area (Å²) in [5.74, 6) is 0.396. The van der Waals surface area contributed by atoms with Gasteiger partial charge in [0.1, 0.15) is 0 Å². The van der Waals surface area contributed by atoms with Gasteiger partial charge in [-0.15, -0.1) is 0 Å². The second-order valence-electron chi connectivity index (χ2n) is 8.56. The minimum Gasteiger partial charge on any atom is -0.407 e. The molecule has 1 saturated carbocycles. The summed E-state index contributed by atoms with van der Waals surface area (Å²) in [5, 5.41) is 12.8. The number of aliphatic hydroxyl groups is 1. The van der Waals surface area contributed by atoms with Gasteiger partial charge >= 0.3 is 0 Å². The molecule has 0 aromatic heterocycles. The van der Waals surface area contributed by atoms with Crippen LogP contribution in [0.25, 0.3) is 0 Å². The largest absolute Gasteiger partial charge is 0.407 e. The minimum absolute atomic E-state index is 0.0179. The van der Waals surface area contributed by atoms with Gasteiger partial charge in [0.15, 0.2) is 0 Å². The highest BCUT2D eigenvalue weighted by molar-refractivity contribution is 6.99. The van der Waals surface area contributed by atoms with Gasteiger partial charge in [-0.1, -0.05) is 87.9 Å². The molecule has 26 heavy (non-hydrogen) atoms. The van der Waals surface area contributed by atoms with Crippen LogP contribution in [0.1, 0.15) is 46.5 Å². The van der Waals surface area contributed by atoms with E-state index in [0.717, 1.165) is 32.3 Å². The smallest absolute Gasteiger partial charge is 0.261 e. The quantitative estimate of drug-likeness (QED) is 0.778. The van der Waals surface area contributed by atoms with Gasteiger partial charge < -0.3 is 9.53 Å². The zero-order chi connectivity index (χ0) is 18.6. The molecule has 1 aliphatic rings. The predicted octanol–water partition coefficient (Wildman–Crippen LogP) is 4.11. The molecule has 3 heteroatoms. The second-order valence-corrected chi connectivity index (χ2v) is 12.9. The van der Waals surface area contributed by atoms with Gasteiger partial charge in [-0.25, -0.2) is 0 Å². The first-order valence-corrected chi connectivity index (χ1v) is 11.8. The van der Waals surface area contributed by atoms with Crippen molar-refractivity contribution >= 4 is 18.7 Å². The van der Waals surface area contributed by atoms with E-state index in [1.165, 1.54) is 10.4 Å². The maximum atomic E-state index is 10.2. The summed E-state index contributed by atoms with van der Waals surface area (Å²) in [6, 6.07) is 21.6. The van der Waals surface area contributed by atoms with Crippen molar-refractivity contribution in [1.82, 2.24) is 0 Å². The number of aliphatic hydroxyl groups excluding tert-OH is 1. The fourth-order valence-electron chi connectivity index (χ4n) is 4.48. The van der Waals surface area contributed by atoms with E-state index >= 15 is 0 Å². The van der Waals surface area contributed by atoms with Gasteiger partial charge in [0.05, 0.1) is 6.10 Å². The summed E-state index contributed by atoms with van der Waals surface area (Å²) in [5.41, 5.74) is 0. The summed E-state index contributed by atoms with van der Waals surface area (Å²) in [7, 11) is -2.42. The average molecular weight is 369 g/mol. The Morgan fingerprint density at radius 2 is 1.46 bits per heavy atom. The molecule has 2 nitrogen and oxygen atoms in total. The first-order chi connectivity index (χ1) is 12.4. The van der Waals surface area contributed by atoms with E-state index in [1.54, 1.807) is 0 Å². The van der Waals surface area contributed by atoms with Crippen molar-refractivity contribution in [2.24, 2.45) is 5.92 Å². The van der Waals surface area contributed by atoms with Gasteiger partial charge in [-0.2, -0.15) is 0 Å². The van der Waals surface area contributed by atoms with E-state index in [1.807, 2.05) is 0 Å². The molecule has 2 atom stereocenters. The third-order valence-electron chi connectivity index (χ3n) is 5.84. The second kappa shape index (κ2) is 8.08. The van der Waals surface area contributed by atoms with Crippen molar-refractivity contribution in [1.29, 1.82) is 0 Å². The van der Waals surface area contributed by atoms with E-state index in [9.17, 15) is 5.11 Å². The zero-order valence-electron chi connectivity index (χ0n) is 16.3. The Hall–Kier alpha value is -1.42. The first-order valence-electron chi connectivity index (χ1n) is 9.88. The van der Waals surface area contributed by atoms with E-state index in [4.69, 9.17) is 4.43 Å². The van der Waals surface area contributed by atoms with Crippen LogP contribution in [0.3, 0.4) is 0 Å².